The number of alkyl halides is 2. The maximum Gasteiger partial charge on any atom is 0.387 e. The third-order valence-corrected chi connectivity index (χ3v) is 4.67. The molecule has 160 valence electrons. The zero-order valence-electron chi connectivity index (χ0n) is 16.3. The summed E-state index contributed by atoms with van der Waals surface area (Å²) in [5.74, 6) is -0.918. The fraction of sp³-hybridized carbons (Fsp3) is 0.250. The lowest BCUT2D eigenvalue weighted by Crippen LogP contribution is -2.36. The number of imide groups is 1. The molecule has 0 aromatic heterocycles. The van der Waals surface area contributed by atoms with E-state index in [9.17, 15) is 23.2 Å². The van der Waals surface area contributed by atoms with Crippen LogP contribution in [0.5, 0.6) is 11.5 Å². The van der Waals surface area contributed by atoms with Crippen LogP contribution in [0, 0.1) is 0 Å². The number of hydrogen-bond donors (Lipinski definition) is 1. The standard InChI is InChI=1S/C20H20F2N2O5S/c1-3-4-5-6-17(25)23-9-10-24-18(26)16(30-20(24)27)12-13-7-8-14(29-19(21)22)15(11-13)28-2/h3-8,11-12,19H,9-10H2,1-2H3,(H,23,25). The van der Waals surface area contributed by atoms with Gasteiger partial charge in [-0.25, -0.2) is 0 Å². The van der Waals surface area contributed by atoms with Gasteiger partial charge in [0.25, 0.3) is 11.1 Å². The van der Waals surface area contributed by atoms with Crippen LogP contribution in [0.3, 0.4) is 0 Å². The van der Waals surface area contributed by atoms with Crippen molar-refractivity contribution in [2.75, 3.05) is 20.2 Å². The Kier molecular flexibility index (Phi) is 8.60. The smallest absolute Gasteiger partial charge is 0.387 e. The Bertz CT molecular complexity index is 899. The normalized spacial score (nSPS) is 15.8. The first-order chi connectivity index (χ1) is 14.3. The van der Waals surface area contributed by atoms with Crippen molar-refractivity contribution in [3.05, 3.63) is 53.0 Å². The van der Waals surface area contributed by atoms with Crippen LogP contribution in [-0.2, 0) is 9.59 Å². The van der Waals surface area contributed by atoms with Crippen molar-refractivity contribution in [1.29, 1.82) is 0 Å². The van der Waals surface area contributed by atoms with Gasteiger partial charge in [-0.2, -0.15) is 8.78 Å². The highest BCUT2D eigenvalue weighted by Gasteiger charge is 2.34. The summed E-state index contributed by atoms with van der Waals surface area (Å²) in [7, 11) is 1.30. The van der Waals surface area contributed by atoms with E-state index in [0.717, 1.165) is 16.7 Å². The maximum atomic E-state index is 12.5. The Labute approximate surface area is 176 Å². The van der Waals surface area contributed by atoms with Crippen molar-refractivity contribution >= 4 is 34.9 Å². The van der Waals surface area contributed by atoms with Crippen molar-refractivity contribution in [1.82, 2.24) is 10.2 Å². The largest absolute Gasteiger partial charge is 0.493 e. The lowest BCUT2D eigenvalue weighted by atomic mass is 10.2. The highest BCUT2D eigenvalue weighted by atomic mass is 32.2. The van der Waals surface area contributed by atoms with Crippen molar-refractivity contribution in [3.63, 3.8) is 0 Å². The predicted octanol–water partition coefficient (Wildman–Crippen LogP) is 3.58. The molecule has 1 aromatic rings. The van der Waals surface area contributed by atoms with Crippen molar-refractivity contribution in [3.8, 4) is 11.5 Å². The molecular formula is C20H20F2N2O5S. The zero-order chi connectivity index (χ0) is 22.1. The van der Waals surface area contributed by atoms with Gasteiger partial charge in [-0.3, -0.25) is 19.3 Å². The van der Waals surface area contributed by atoms with E-state index >= 15 is 0 Å². The lowest BCUT2D eigenvalue weighted by Gasteiger charge is -2.12. The van der Waals surface area contributed by atoms with Gasteiger partial charge in [0, 0.05) is 19.2 Å². The number of hydrogen-bond acceptors (Lipinski definition) is 6. The summed E-state index contributed by atoms with van der Waals surface area (Å²) in [6, 6.07) is 4.17. The number of carbonyl (C=O) groups is 3. The van der Waals surface area contributed by atoms with Crippen LogP contribution < -0.4 is 14.8 Å². The second kappa shape index (κ2) is 11.1. The van der Waals surface area contributed by atoms with Gasteiger partial charge in [0.2, 0.25) is 5.91 Å². The van der Waals surface area contributed by atoms with Crippen LogP contribution in [0.25, 0.3) is 6.08 Å². The number of ether oxygens (including phenoxy) is 2. The molecule has 0 aliphatic carbocycles. The van der Waals surface area contributed by atoms with Crippen LogP contribution >= 0.6 is 11.8 Å². The number of carbonyl (C=O) groups excluding carboxylic acids is 3. The third-order valence-electron chi connectivity index (χ3n) is 3.76. The lowest BCUT2D eigenvalue weighted by molar-refractivity contribution is -0.123. The molecule has 3 amide bonds. The zero-order valence-corrected chi connectivity index (χ0v) is 17.1. The summed E-state index contributed by atoms with van der Waals surface area (Å²) < 4.78 is 34.2. The molecule has 0 unspecified atom stereocenters. The number of rotatable bonds is 9. The second-order valence-corrected chi connectivity index (χ2v) is 6.79. The van der Waals surface area contributed by atoms with Gasteiger partial charge in [0.15, 0.2) is 11.5 Å². The first-order valence-corrected chi connectivity index (χ1v) is 9.62. The molecule has 7 nitrogen and oxygen atoms in total. The minimum atomic E-state index is -3.00. The number of allylic oxidation sites excluding steroid dienone is 3. The molecule has 0 saturated carbocycles. The molecule has 1 fully saturated rings. The molecule has 0 spiro atoms. The molecule has 2 rings (SSSR count). The monoisotopic (exact) mass is 438 g/mol. The molecule has 10 heteroatoms. The average molecular weight is 438 g/mol. The van der Waals surface area contributed by atoms with Gasteiger partial charge >= 0.3 is 6.61 Å². The molecular weight excluding hydrogens is 418 g/mol. The van der Waals surface area contributed by atoms with Crippen molar-refractivity contribution < 1.29 is 32.6 Å². The number of thioether (sulfide) groups is 1. The van der Waals surface area contributed by atoms with Crippen molar-refractivity contribution in [2.24, 2.45) is 0 Å². The number of nitrogens with one attached hydrogen (secondary N) is 1. The van der Waals surface area contributed by atoms with Gasteiger partial charge in [-0.05, 0) is 42.5 Å². The molecule has 0 bridgehead atoms. The van der Waals surface area contributed by atoms with Gasteiger partial charge in [0.1, 0.15) is 0 Å². The van der Waals surface area contributed by atoms with E-state index in [1.807, 2.05) is 6.92 Å². The van der Waals surface area contributed by atoms with Crippen LogP contribution in [0.2, 0.25) is 0 Å². The maximum absolute atomic E-state index is 12.5. The summed E-state index contributed by atoms with van der Waals surface area (Å²) in [5, 5.41) is 2.12. The quantitative estimate of drug-likeness (QED) is 0.469. The SMILES string of the molecule is CC=CC=CC(=O)NCCN1C(=O)SC(=Cc2ccc(OC(F)F)c(OC)c2)C1=O. The fourth-order valence-corrected chi connectivity index (χ4v) is 3.28. The Morgan fingerprint density at radius 3 is 2.70 bits per heavy atom. The summed E-state index contributed by atoms with van der Waals surface area (Å²) in [6.07, 6.45) is 7.83. The molecule has 1 saturated heterocycles. The predicted molar refractivity (Wildman–Crippen MR) is 109 cm³/mol. The first kappa shape index (κ1) is 23.1. The summed E-state index contributed by atoms with van der Waals surface area (Å²) in [4.78, 5) is 37.4. The third kappa shape index (κ3) is 6.45. The van der Waals surface area contributed by atoms with Crippen LogP contribution in [0.4, 0.5) is 13.6 Å². The molecule has 1 N–H and O–H groups in total. The summed E-state index contributed by atoms with van der Waals surface area (Å²) >= 11 is 0.751. The molecule has 30 heavy (non-hydrogen) atoms. The summed E-state index contributed by atoms with van der Waals surface area (Å²) in [6.45, 7) is -1.05. The van der Waals surface area contributed by atoms with E-state index in [-0.39, 0.29) is 35.4 Å². The van der Waals surface area contributed by atoms with E-state index < -0.39 is 17.8 Å². The van der Waals surface area contributed by atoms with E-state index in [2.05, 4.69) is 10.1 Å². The van der Waals surface area contributed by atoms with Crippen LogP contribution in [0.1, 0.15) is 12.5 Å². The van der Waals surface area contributed by atoms with E-state index in [1.165, 1.54) is 37.5 Å². The minimum Gasteiger partial charge on any atom is -0.493 e. The van der Waals surface area contributed by atoms with E-state index in [4.69, 9.17) is 4.74 Å². The summed E-state index contributed by atoms with van der Waals surface area (Å²) in [5.41, 5.74) is 0.474. The molecule has 1 aromatic carbocycles. The molecule has 0 atom stereocenters. The number of amides is 3. The Balaban J connectivity index is 2.03. The number of benzene rings is 1. The highest BCUT2D eigenvalue weighted by molar-refractivity contribution is 8.18. The van der Waals surface area contributed by atoms with Gasteiger partial charge < -0.3 is 14.8 Å². The molecule has 1 aliphatic rings. The average Bonchev–Trinajstić information content (AvgIpc) is 2.96. The first-order valence-electron chi connectivity index (χ1n) is 8.81. The van der Waals surface area contributed by atoms with Crippen molar-refractivity contribution in [2.45, 2.75) is 13.5 Å². The topological polar surface area (TPSA) is 84.9 Å². The Hall–Kier alpha value is -3.14. The van der Waals surface area contributed by atoms with Gasteiger partial charge in [-0.1, -0.05) is 24.3 Å². The van der Waals surface area contributed by atoms with E-state index in [1.54, 1.807) is 18.2 Å². The number of methoxy groups -OCH3 is 1. The number of halogens is 2. The molecule has 0 radical (unpaired) electrons. The van der Waals surface area contributed by atoms with E-state index in [0.29, 0.717) is 5.56 Å². The Morgan fingerprint density at radius 1 is 1.27 bits per heavy atom. The Morgan fingerprint density at radius 2 is 2.03 bits per heavy atom. The van der Waals surface area contributed by atoms with Crippen LogP contribution in [0.15, 0.2) is 47.4 Å². The molecule has 1 aliphatic heterocycles. The fourth-order valence-electron chi connectivity index (χ4n) is 2.42. The number of nitrogens with zero attached hydrogens (tertiary/aromatic N) is 1. The minimum absolute atomic E-state index is 0.0235. The van der Waals surface area contributed by atoms with Gasteiger partial charge in [-0.15, -0.1) is 0 Å². The molecule has 1 heterocycles. The highest BCUT2D eigenvalue weighted by Crippen LogP contribution is 2.34. The van der Waals surface area contributed by atoms with Gasteiger partial charge in [0.05, 0.1) is 12.0 Å². The van der Waals surface area contributed by atoms with Crippen LogP contribution in [-0.4, -0.2) is 48.8 Å². The second-order valence-electron chi connectivity index (χ2n) is 5.80.